The van der Waals surface area contributed by atoms with Crippen LogP contribution in [0.1, 0.15) is 27.8 Å². The molecule has 6 aromatic carbocycles. The van der Waals surface area contributed by atoms with Crippen molar-refractivity contribution in [2.45, 2.75) is 27.2 Å². The number of hydrogen-bond acceptors (Lipinski definition) is 3. The number of benzene rings is 6. The quantitative estimate of drug-likeness (QED) is 0.236. The summed E-state index contributed by atoms with van der Waals surface area (Å²) in [5.74, 6) is 0.434. The summed E-state index contributed by atoms with van der Waals surface area (Å²) in [5.41, 5.74) is 6.04. The summed E-state index contributed by atoms with van der Waals surface area (Å²) in [7, 11) is 0. The van der Waals surface area contributed by atoms with Crippen molar-refractivity contribution in [1.29, 1.82) is 0 Å². The van der Waals surface area contributed by atoms with E-state index in [0.29, 0.717) is 23.1 Å². The van der Waals surface area contributed by atoms with Crippen molar-refractivity contribution in [1.82, 2.24) is 0 Å². The van der Waals surface area contributed by atoms with Gasteiger partial charge in [-0.3, -0.25) is 0 Å². The van der Waals surface area contributed by atoms with Crippen LogP contribution in [0, 0.1) is 20.8 Å². The minimum absolute atomic E-state index is 0.114. The van der Waals surface area contributed by atoms with E-state index in [1.165, 1.54) is 0 Å². The summed E-state index contributed by atoms with van der Waals surface area (Å²) >= 11 is 0. The Balaban J connectivity index is 1.63. The lowest BCUT2D eigenvalue weighted by Crippen LogP contribution is -1.95. The molecule has 0 heterocycles. The Kier molecular flexibility index (Phi) is 5.31. The van der Waals surface area contributed by atoms with E-state index in [1.807, 2.05) is 75.4 Å². The summed E-state index contributed by atoms with van der Waals surface area (Å²) in [6.45, 7) is 6.13. The zero-order valence-corrected chi connectivity index (χ0v) is 21.1. The van der Waals surface area contributed by atoms with Gasteiger partial charge in [0.1, 0.15) is 17.2 Å². The Morgan fingerprint density at radius 1 is 0.459 bits per heavy atom. The van der Waals surface area contributed by atoms with Gasteiger partial charge < -0.3 is 15.3 Å². The first-order valence-corrected chi connectivity index (χ1v) is 12.5. The van der Waals surface area contributed by atoms with Gasteiger partial charge in [0.25, 0.3) is 0 Å². The highest BCUT2D eigenvalue weighted by atomic mass is 16.3. The maximum Gasteiger partial charge on any atom is 0.127 e. The fraction of sp³-hybridized carbons (Fsp3) is 0.118. The van der Waals surface area contributed by atoms with E-state index in [1.54, 1.807) is 12.1 Å². The summed E-state index contributed by atoms with van der Waals surface area (Å²) < 4.78 is 0. The molecule has 0 fully saturated rings. The van der Waals surface area contributed by atoms with Gasteiger partial charge in [-0.05, 0) is 88.5 Å². The molecule has 3 heteroatoms. The van der Waals surface area contributed by atoms with Gasteiger partial charge in [0, 0.05) is 17.5 Å². The zero-order chi connectivity index (χ0) is 25.8. The van der Waals surface area contributed by atoms with Gasteiger partial charge in [-0.25, -0.2) is 0 Å². The smallest absolute Gasteiger partial charge is 0.127 e. The Bertz CT molecular complexity index is 1860. The Labute approximate surface area is 215 Å². The first-order valence-electron chi connectivity index (χ1n) is 12.5. The zero-order valence-electron chi connectivity index (χ0n) is 21.1. The van der Waals surface area contributed by atoms with E-state index < -0.39 is 0 Å². The van der Waals surface area contributed by atoms with Gasteiger partial charge in [-0.15, -0.1) is 0 Å². The van der Waals surface area contributed by atoms with Crippen molar-refractivity contribution in [2.75, 3.05) is 0 Å². The lowest BCUT2D eigenvalue weighted by atomic mass is 9.88. The molecule has 3 nitrogen and oxygen atoms in total. The number of aryl methyl sites for hydroxylation is 3. The fourth-order valence-electron chi connectivity index (χ4n) is 5.46. The Hall–Kier alpha value is -4.50. The van der Waals surface area contributed by atoms with Crippen LogP contribution in [0.15, 0.2) is 84.9 Å². The average Bonchev–Trinajstić information content (AvgIpc) is 2.86. The molecule has 6 aromatic rings. The third kappa shape index (κ3) is 3.93. The molecule has 6 rings (SSSR count). The minimum Gasteiger partial charge on any atom is -0.508 e. The van der Waals surface area contributed by atoms with Crippen LogP contribution in [0.5, 0.6) is 17.2 Å². The van der Waals surface area contributed by atoms with Crippen LogP contribution in [0.4, 0.5) is 0 Å². The highest BCUT2D eigenvalue weighted by molar-refractivity contribution is 6.10. The van der Waals surface area contributed by atoms with E-state index in [-0.39, 0.29) is 17.2 Å². The molecule has 37 heavy (non-hydrogen) atoms. The SMILES string of the molecule is Cc1ccc2cc(O)c(Cc3cc4cc(C)ccc4c(-c4c(O)ccc5cc(C)ccc45)c3O)cc2c1. The Morgan fingerprint density at radius 3 is 1.76 bits per heavy atom. The van der Waals surface area contributed by atoms with Crippen LogP contribution in [-0.2, 0) is 6.42 Å². The van der Waals surface area contributed by atoms with Crippen molar-refractivity contribution < 1.29 is 15.3 Å². The minimum atomic E-state index is 0.114. The molecule has 182 valence electrons. The van der Waals surface area contributed by atoms with Crippen molar-refractivity contribution in [2.24, 2.45) is 0 Å². The highest BCUT2D eigenvalue weighted by Crippen LogP contribution is 2.47. The van der Waals surface area contributed by atoms with Crippen LogP contribution in [-0.4, -0.2) is 15.3 Å². The first kappa shape index (κ1) is 22.9. The predicted molar refractivity (Wildman–Crippen MR) is 153 cm³/mol. The van der Waals surface area contributed by atoms with Crippen LogP contribution in [0.2, 0.25) is 0 Å². The van der Waals surface area contributed by atoms with Crippen molar-refractivity contribution >= 4 is 32.3 Å². The van der Waals surface area contributed by atoms with Gasteiger partial charge >= 0.3 is 0 Å². The lowest BCUT2D eigenvalue weighted by molar-refractivity contribution is 0.462. The first-order chi connectivity index (χ1) is 17.8. The van der Waals surface area contributed by atoms with Crippen molar-refractivity contribution in [3.63, 3.8) is 0 Å². The molecule has 0 amide bonds. The molecular weight excluding hydrogens is 456 g/mol. The Morgan fingerprint density at radius 2 is 1.03 bits per heavy atom. The second kappa shape index (κ2) is 8.56. The van der Waals surface area contributed by atoms with Gasteiger partial charge in [-0.2, -0.15) is 0 Å². The van der Waals surface area contributed by atoms with E-state index in [9.17, 15) is 15.3 Å². The lowest BCUT2D eigenvalue weighted by Gasteiger charge is -2.18. The van der Waals surface area contributed by atoms with Crippen molar-refractivity contribution in [3.05, 3.63) is 113 Å². The second-order valence-corrected chi connectivity index (χ2v) is 10.2. The molecule has 0 aliphatic heterocycles. The van der Waals surface area contributed by atoms with Gasteiger partial charge in [0.05, 0.1) is 0 Å². The largest absolute Gasteiger partial charge is 0.508 e. The number of fused-ring (bicyclic) bond motifs is 3. The number of hydrogen-bond donors (Lipinski definition) is 3. The maximum absolute atomic E-state index is 11.8. The van der Waals surface area contributed by atoms with E-state index in [2.05, 4.69) is 18.2 Å². The normalized spacial score (nSPS) is 11.5. The molecule has 0 saturated heterocycles. The highest BCUT2D eigenvalue weighted by Gasteiger charge is 2.21. The van der Waals surface area contributed by atoms with Crippen molar-refractivity contribution in [3.8, 4) is 28.4 Å². The molecule has 0 aliphatic carbocycles. The molecular formula is C34H28O3. The summed E-state index contributed by atoms with van der Waals surface area (Å²) in [4.78, 5) is 0. The molecule has 0 unspecified atom stereocenters. The van der Waals surface area contributed by atoms with Crippen LogP contribution >= 0.6 is 0 Å². The molecule has 0 aliphatic rings. The molecule has 0 bridgehead atoms. The maximum atomic E-state index is 11.8. The summed E-state index contributed by atoms with van der Waals surface area (Å²) in [5, 5.41) is 39.5. The van der Waals surface area contributed by atoms with Crippen LogP contribution < -0.4 is 0 Å². The molecule has 0 saturated carbocycles. The van der Waals surface area contributed by atoms with Gasteiger partial charge in [0.2, 0.25) is 0 Å². The van der Waals surface area contributed by atoms with Crippen LogP contribution in [0.25, 0.3) is 43.4 Å². The number of phenols is 3. The fourth-order valence-corrected chi connectivity index (χ4v) is 5.46. The number of aromatic hydroxyl groups is 3. The monoisotopic (exact) mass is 484 g/mol. The molecule has 0 aromatic heterocycles. The van der Waals surface area contributed by atoms with E-state index in [0.717, 1.165) is 54.6 Å². The molecule has 0 spiro atoms. The van der Waals surface area contributed by atoms with E-state index in [4.69, 9.17) is 0 Å². The second-order valence-electron chi connectivity index (χ2n) is 10.2. The van der Waals surface area contributed by atoms with Gasteiger partial charge in [0.15, 0.2) is 0 Å². The average molecular weight is 485 g/mol. The third-order valence-electron chi connectivity index (χ3n) is 7.32. The van der Waals surface area contributed by atoms with Gasteiger partial charge in [-0.1, -0.05) is 77.4 Å². The van der Waals surface area contributed by atoms with E-state index >= 15 is 0 Å². The molecule has 0 radical (unpaired) electrons. The molecule has 0 atom stereocenters. The number of phenolic OH excluding ortho intramolecular Hbond substituents is 3. The molecule has 3 N–H and O–H groups in total. The topological polar surface area (TPSA) is 60.7 Å². The number of rotatable bonds is 3. The summed E-state index contributed by atoms with van der Waals surface area (Å²) in [6, 6.07) is 27.7. The standard InChI is InChI=1S/C34H28O3/c1-19-4-7-22-18-31(36)26(15-24(22)13-19)17-27-16-25-14-21(3)6-10-29(25)33(34(27)37)32-28-9-5-20(2)12-23(28)8-11-30(32)35/h4-16,18,35-37H,17H2,1-3H3. The predicted octanol–water partition coefficient (Wildman–Crippen LogP) is 8.45. The third-order valence-corrected chi connectivity index (χ3v) is 7.32. The summed E-state index contributed by atoms with van der Waals surface area (Å²) in [6.07, 6.45) is 0.350. The van der Waals surface area contributed by atoms with Crippen LogP contribution in [0.3, 0.4) is 0 Å².